The minimum absolute atomic E-state index is 0.0242. The number of aryl methyl sites for hydroxylation is 1. The molecule has 1 aliphatic rings. The fourth-order valence-corrected chi connectivity index (χ4v) is 4.55. The van der Waals surface area contributed by atoms with E-state index in [0.717, 1.165) is 33.6 Å². The molecule has 1 aliphatic heterocycles. The van der Waals surface area contributed by atoms with Crippen molar-refractivity contribution >= 4 is 28.9 Å². The van der Waals surface area contributed by atoms with Crippen molar-refractivity contribution in [2.45, 2.75) is 25.9 Å². The number of likely N-dealkylation sites (N-methyl/N-ethyl adjacent to an activating group) is 1. The van der Waals surface area contributed by atoms with Gasteiger partial charge in [-0.15, -0.1) is 0 Å². The average Bonchev–Trinajstić information content (AvgIpc) is 3.17. The molecule has 7 heteroatoms. The Balaban J connectivity index is 1.85. The number of nitrogens with zero attached hydrogens (tertiary/aromatic N) is 3. The molecule has 0 saturated carbocycles. The van der Waals surface area contributed by atoms with Crippen molar-refractivity contribution in [3.63, 3.8) is 0 Å². The Kier molecular flexibility index (Phi) is 5.23. The van der Waals surface area contributed by atoms with Gasteiger partial charge in [-0.05, 0) is 68.0 Å². The highest BCUT2D eigenvalue weighted by Gasteiger charge is 2.39. The molecule has 0 unspecified atom stereocenters. The third-order valence-electron chi connectivity index (χ3n) is 5.51. The van der Waals surface area contributed by atoms with E-state index >= 15 is 0 Å². The monoisotopic (exact) mass is 426 g/mol. The second-order valence-electron chi connectivity index (χ2n) is 7.22. The summed E-state index contributed by atoms with van der Waals surface area (Å²) < 4.78 is 7.78. The highest BCUT2D eigenvalue weighted by molar-refractivity contribution is 7.80. The average molecular weight is 427 g/mol. The maximum absolute atomic E-state index is 6.30. The van der Waals surface area contributed by atoms with Crippen LogP contribution in [0.5, 0.6) is 5.75 Å². The summed E-state index contributed by atoms with van der Waals surface area (Å²) in [7, 11) is 3.70. The second-order valence-corrected chi connectivity index (χ2v) is 8.04. The lowest BCUT2D eigenvalue weighted by Gasteiger charge is -2.24. The zero-order valence-corrected chi connectivity index (χ0v) is 18.4. The van der Waals surface area contributed by atoms with Crippen LogP contribution in [0.1, 0.15) is 34.7 Å². The molecule has 0 bridgehead atoms. The normalized spacial score (nSPS) is 18.8. The van der Waals surface area contributed by atoms with E-state index in [2.05, 4.69) is 39.7 Å². The van der Waals surface area contributed by atoms with Gasteiger partial charge in [0.15, 0.2) is 5.11 Å². The first-order chi connectivity index (χ1) is 13.9. The van der Waals surface area contributed by atoms with Crippen LogP contribution < -0.4 is 10.1 Å². The van der Waals surface area contributed by atoms with Gasteiger partial charge in [0.05, 0.1) is 30.6 Å². The topological polar surface area (TPSA) is 42.3 Å². The number of benzene rings is 1. The van der Waals surface area contributed by atoms with E-state index in [1.807, 2.05) is 49.6 Å². The molecule has 1 N–H and O–H groups in total. The lowest BCUT2D eigenvalue weighted by molar-refractivity contribution is 0.367. The van der Waals surface area contributed by atoms with Gasteiger partial charge >= 0.3 is 0 Å². The third kappa shape index (κ3) is 3.36. The Morgan fingerprint density at radius 2 is 1.97 bits per heavy atom. The summed E-state index contributed by atoms with van der Waals surface area (Å²) in [6.07, 6.45) is 1.82. The Labute approximate surface area is 181 Å². The molecule has 1 aromatic carbocycles. The summed E-state index contributed by atoms with van der Waals surface area (Å²) in [5, 5.41) is 4.82. The van der Waals surface area contributed by atoms with Gasteiger partial charge in [-0.1, -0.05) is 17.7 Å². The van der Waals surface area contributed by atoms with Gasteiger partial charge < -0.3 is 19.5 Å². The number of pyridine rings is 1. The Bertz CT molecular complexity index is 1070. The summed E-state index contributed by atoms with van der Waals surface area (Å²) in [6, 6.07) is 13.8. The van der Waals surface area contributed by atoms with Gasteiger partial charge in [-0.25, -0.2) is 0 Å². The number of methoxy groups -OCH3 is 1. The third-order valence-corrected chi connectivity index (χ3v) is 6.15. The quantitative estimate of drug-likeness (QED) is 0.609. The maximum Gasteiger partial charge on any atom is 0.169 e. The van der Waals surface area contributed by atoms with Gasteiger partial charge in [0, 0.05) is 29.7 Å². The molecule has 1 fully saturated rings. The first-order valence-corrected chi connectivity index (χ1v) is 10.2. The van der Waals surface area contributed by atoms with Crippen molar-refractivity contribution in [2.75, 3.05) is 14.2 Å². The molecule has 29 heavy (non-hydrogen) atoms. The van der Waals surface area contributed by atoms with E-state index in [-0.39, 0.29) is 12.1 Å². The van der Waals surface area contributed by atoms with E-state index in [4.69, 9.17) is 28.6 Å². The van der Waals surface area contributed by atoms with Crippen molar-refractivity contribution in [3.05, 3.63) is 76.3 Å². The van der Waals surface area contributed by atoms with Gasteiger partial charge in [0.2, 0.25) is 0 Å². The number of hydrogen-bond acceptors (Lipinski definition) is 3. The smallest absolute Gasteiger partial charge is 0.169 e. The number of thiocarbonyl (C=S) groups is 1. The Morgan fingerprint density at radius 1 is 1.17 bits per heavy atom. The van der Waals surface area contributed by atoms with E-state index in [1.54, 1.807) is 7.11 Å². The Morgan fingerprint density at radius 3 is 2.66 bits per heavy atom. The molecule has 0 spiro atoms. The van der Waals surface area contributed by atoms with Crippen molar-refractivity contribution in [1.29, 1.82) is 0 Å². The summed E-state index contributed by atoms with van der Waals surface area (Å²) in [5.74, 6) is 0.775. The molecule has 1 saturated heterocycles. The van der Waals surface area contributed by atoms with Gasteiger partial charge in [0.1, 0.15) is 5.75 Å². The molecule has 150 valence electrons. The maximum atomic E-state index is 6.30. The summed E-state index contributed by atoms with van der Waals surface area (Å²) in [5.41, 5.74) is 5.30. The van der Waals surface area contributed by atoms with Crippen LogP contribution in [0.25, 0.3) is 5.69 Å². The molecule has 4 rings (SSSR count). The number of nitrogens with one attached hydrogen (secondary N) is 1. The lowest BCUT2D eigenvalue weighted by Crippen LogP contribution is -2.25. The predicted octanol–water partition coefficient (Wildman–Crippen LogP) is 4.75. The SMILES string of the molecule is COc1ccc(Cl)cc1-n1c(C)cc([C@@H]2[C@@H](c3ccccn3)NC(=S)N2C)c1C. The minimum Gasteiger partial charge on any atom is -0.495 e. The summed E-state index contributed by atoms with van der Waals surface area (Å²) in [4.78, 5) is 6.68. The van der Waals surface area contributed by atoms with E-state index in [0.29, 0.717) is 5.02 Å². The first-order valence-electron chi connectivity index (χ1n) is 9.39. The van der Waals surface area contributed by atoms with Crippen LogP contribution in [-0.4, -0.2) is 33.7 Å². The fourth-order valence-electron chi connectivity index (χ4n) is 4.14. The molecule has 2 atom stereocenters. The van der Waals surface area contributed by atoms with Crippen molar-refractivity contribution < 1.29 is 4.74 Å². The number of halogens is 1. The van der Waals surface area contributed by atoms with E-state index in [1.165, 1.54) is 5.56 Å². The number of hydrogen-bond donors (Lipinski definition) is 1. The van der Waals surface area contributed by atoms with Crippen molar-refractivity contribution in [1.82, 2.24) is 19.8 Å². The van der Waals surface area contributed by atoms with Gasteiger partial charge in [-0.2, -0.15) is 0 Å². The summed E-state index contributed by atoms with van der Waals surface area (Å²) >= 11 is 11.9. The molecule has 3 heterocycles. The number of ether oxygens (including phenoxy) is 1. The Hall–Kier alpha value is -2.57. The molecule has 2 aromatic heterocycles. The predicted molar refractivity (Wildman–Crippen MR) is 120 cm³/mol. The first kappa shape index (κ1) is 19.7. The number of aromatic nitrogens is 2. The van der Waals surface area contributed by atoms with Crippen LogP contribution in [0, 0.1) is 13.8 Å². The van der Waals surface area contributed by atoms with Gasteiger partial charge in [0.25, 0.3) is 0 Å². The van der Waals surface area contributed by atoms with Crippen LogP contribution in [-0.2, 0) is 0 Å². The summed E-state index contributed by atoms with van der Waals surface area (Å²) in [6.45, 7) is 4.21. The highest BCUT2D eigenvalue weighted by Crippen LogP contribution is 2.41. The molecule has 0 amide bonds. The van der Waals surface area contributed by atoms with Crippen LogP contribution >= 0.6 is 23.8 Å². The minimum atomic E-state index is -0.0242. The molecule has 5 nitrogen and oxygen atoms in total. The largest absolute Gasteiger partial charge is 0.495 e. The fraction of sp³-hybridized carbons (Fsp3) is 0.273. The van der Waals surface area contributed by atoms with Crippen molar-refractivity contribution in [3.8, 4) is 11.4 Å². The molecular weight excluding hydrogens is 404 g/mol. The van der Waals surface area contributed by atoms with E-state index < -0.39 is 0 Å². The number of rotatable bonds is 4. The van der Waals surface area contributed by atoms with Crippen LogP contribution in [0.3, 0.4) is 0 Å². The van der Waals surface area contributed by atoms with E-state index in [9.17, 15) is 0 Å². The lowest BCUT2D eigenvalue weighted by atomic mass is 9.97. The van der Waals surface area contributed by atoms with Crippen molar-refractivity contribution in [2.24, 2.45) is 0 Å². The zero-order chi connectivity index (χ0) is 20.7. The van der Waals surface area contributed by atoms with Crippen LogP contribution in [0.4, 0.5) is 0 Å². The van der Waals surface area contributed by atoms with Gasteiger partial charge in [-0.3, -0.25) is 4.98 Å². The molecule has 3 aromatic rings. The highest BCUT2D eigenvalue weighted by atomic mass is 35.5. The molecule has 0 aliphatic carbocycles. The molecule has 0 radical (unpaired) electrons. The zero-order valence-electron chi connectivity index (χ0n) is 16.8. The van der Waals surface area contributed by atoms with Crippen LogP contribution in [0.15, 0.2) is 48.7 Å². The standard InChI is InChI=1S/C22H23ClN4OS/c1-13-11-16(14(2)27(13)18-12-15(23)8-9-19(18)28-4)21-20(25-22(29)26(21)3)17-7-5-6-10-24-17/h5-12,20-21H,1-4H3,(H,25,29)/t20-,21-/m1/s1. The van der Waals surface area contributed by atoms with Crippen LogP contribution in [0.2, 0.25) is 5.02 Å². The second kappa shape index (κ2) is 7.69. The molecular formula is C22H23ClN4OS.